The van der Waals surface area contributed by atoms with E-state index in [2.05, 4.69) is 22.2 Å². The van der Waals surface area contributed by atoms with Crippen molar-refractivity contribution in [2.24, 2.45) is 7.05 Å². The first-order chi connectivity index (χ1) is 15.0. The first-order valence-electron chi connectivity index (χ1n) is 10.6. The highest BCUT2D eigenvalue weighted by Crippen LogP contribution is 2.34. The lowest BCUT2D eigenvalue weighted by Gasteiger charge is -2.26. The van der Waals surface area contributed by atoms with Gasteiger partial charge in [-0.3, -0.25) is 19.3 Å². The van der Waals surface area contributed by atoms with Gasteiger partial charge in [0, 0.05) is 63.4 Å². The molecule has 0 saturated heterocycles. The van der Waals surface area contributed by atoms with Crippen LogP contribution in [-0.2, 0) is 31.2 Å². The maximum Gasteiger partial charge on any atom is 0.257 e. The Balaban J connectivity index is 1.47. The number of amides is 2. The molecule has 0 saturated carbocycles. The Morgan fingerprint density at radius 2 is 1.90 bits per heavy atom. The monoisotopic (exact) mass is 415 g/mol. The standard InChI is InChI=1S/C24H25N5O2/c1-27-14-19(12-26-27)24(31)29-9-3-4-20-18(15-29)11-25-13-21(20)16-5-7-22-17(10-16)6-8-23(30)28(22)2/h5,7,10-14H,3-4,6,8-9,15H2,1-2H3. The largest absolute Gasteiger partial charge is 0.334 e. The lowest BCUT2D eigenvalue weighted by molar-refractivity contribution is -0.118. The molecule has 0 unspecified atom stereocenters. The molecule has 0 atom stereocenters. The van der Waals surface area contributed by atoms with Gasteiger partial charge < -0.3 is 9.80 Å². The third-order valence-corrected chi connectivity index (χ3v) is 6.34. The van der Waals surface area contributed by atoms with E-state index in [9.17, 15) is 9.59 Å². The van der Waals surface area contributed by atoms with Crippen molar-refractivity contribution in [3.63, 3.8) is 0 Å². The zero-order chi connectivity index (χ0) is 21.5. The van der Waals surface area contributed by atoms with Crippen molar-refractivity contribution in [2.75, 3.05) is 18.5 Å². The molecule has 2 aromatic heterocycles. The number of rotatable bonds is 2. The number of nitrogens with zero attached hydrogens (tertiary/aromatic N) is 5. The number of anilines is 1. The van der Waals surface area contributed by atoms with E-state index in [-0.39, 0.29) is 11.8 Å². The topological polar surface area (TPSA) is 71.3 Å². The highest BCUT2D eigenvalue weighted by atomic mass is 16.2. The summed E-state index contributed by atoms with van der Waals surface area (Å²) in [4.78, 5) is 33.1. The second-order valence-corrected chi connectivity index (χ2v) is 8.35. The summed E-state index contributed by atoms with van der Waals surface area (Å²) in [5.41, 5.74) is 7.40. The number of hydrogen-bond acceptors (Lipinski definition) is 4. The molecule has 3 aromatic rings. The molecule has 0 radical (unpaired) electrons. The Kier molecular flexibility index (Phi) is 4.81. The van der Waals surface area contributed by atoms with Crippen molar-refractivity contribution in [3.8, 4) is 11.1 Å². The van der Waals surface area contributed by atoms with Gasteiger partial charge in [-0.05, 0) is 53.6 Å². The summed E-state index contributed by atoms with van der Waals surface area (Å²) < 4.78 is 1.65. The molecule has 31 heavy (non-hydrogen) atoms. The van der Waals surface area contributed by atoms with Gasteiger partial charge in [-0.25, -0.2) is 0 Å². The van der Waals surface area contributed by atoms with E-state index in [1.54, 1.807) is 22.0 Å². The summed E-state index contributed by atoms with van der Waals surface area (Å²) in [5.74, 6) is 0.168. The molecule has 7 heteroatoms. The Hall–Kier alpha value is -3.48. The molecule has 0 spiro atoms. The fourth-order valence-corrected chi connectivity index (χ4v) is 4.65. The number of hydrogen-bond donors (Lipinski definition) is 0. The van der Waals surface area contributed by atoms with Crippen molar-refractivity contribution >= 4 is 17.5 Å². The molecule has 2 aliphatic rings. The zero-order valence-corrected chi connectivity index (χ0v) is 17.8. The molecule has 0 N–H and O–H groups in total. The number of pyridine rings is 1. The van der Waals surface area contributed by atoms with Crippen LogP contribution in [0.15, 0.2) is 43.0 Å². The molecule has 0 aliphatic carbocycles. The minimum absolute atomic E-state index is 0.00726. The van der Waals surface area contributed by atoms with Crippen LogP contribution in [0.1, 0.15) is 39.9 Å². The van der Waals surface area contributed by atoms with Gasteiger partial charge in [0.05, 0.1) is 11.8 Å². The molecule has 5 rings (SSSR count). The number of fused-ring (bicyclic) bond motifs is 2. The molecule has 2 amide bonds. The minimum atomic E-state index is 0.00726. The second kappa shape index (κ2) is 7.65. The number of carbonyl (C=O) groups is 2. The molecule has 158 valence electrons. The molecular weight excluding hydrogens is 390 g/mol. The lowest BCUT2D eigenvalue weighted by Crippen LogP contribution is -2.31. The number of aryl methyl sites for hydroxylation is 2. The van der Waals surface area contributed by atoms with Gasteiger partial charge in [0.1, 0.15) is 0 Å². The van der Waals surface area contributed by atoms with E-state index in [1.807, 2.05) is 37.5 Å². The second-order valence-electron chi connectivity index (χ2n) is 8.35. The van der Waals surface area contributed by atoms with Crippen molar-refractivity contribution in [1.29, 1.82) is 0 Å². The summed E-state index contributed by atoms with van der Waals surface area (Å²) in [6.45, 7) is 1.25. The van der Waals surface area contributed by atoms with Crippen molar-refractivity contribution in [1.82, 2.24) is 19.7 Å². The highest BCUT2D eigenvalue weighted by molar-refractivity contribution is 5.96. The fraction of sp³-hybridized carbons (Fsp3) is 0.333. The Bertz CT molecular complexity index is 1180. The molecule has 0 fully saturated rings. The van der Waals surface area contributed by atoms with E-state index in [0.29, 0.717) is 25.1 Å². The molecular formula is C24H25N5O2. The quantitative estimate of drug-likeness (QED) is 0.645. The summed E-state index contributed by atoms with van der Waals surface area (Å²) in [6.07, 6.45) is 10.3. The fourth-order valence-electron chi connectivity index (χ4n) is 4.65. The normalized spacial score (nSPS) is 16.0. The highest BCUT2D eigenvalue weighted by Gasteiger charge is 2.25. The number of carbonyl (C=O) groups excluding carboxylic acids is 2. The lowest BCUT2D eigenvalue weighted by atomic mass is 9.92. The van der Waals surface area contributed by atoms with Crippen LogP contribution >= 0.6 is 0 Å². The minimum Gasteiger partial charge on any atom is -0.334 e. The van der Waals surface area contributed by atoms with Crippen molar-refractivity contribution in [3.05, 3.63) is 65.2 Å². The van der Waals surface area contributed by atoms with Gasteiger partial charge >= 0.3 is 0 Å². The Labute approximate surface area is 181 Å². The van der Waals surface area contributed by atoms with Gasteiger partial charge in [0.2, 0.25) is 5.91 Å². The van der Waals surface area contributed by atoms with Gasteiger partial charge in [-0.2, -0.15) is 5.10 Å². The number of aromatic nitrogens is 3. The first-order valence-corrected chi connectivity index (χ1v) is 10.6. The van der Waals surface area contributed by atoms with Crippen LogP contribution in [-0.4, -0.2) is 45.1 Å². The van der Waals surface area contributed by atoms with E-state index in [1.165, 1.54) is 11.1 Å². The Morgan fingerprint density at radius 1 is 1.03 bits per heavy atom. The summed E-state index contributed by atoms with van der Waals surface area (Å²) in [7, 11) is 3.65. The zero-order valence-electron chi connectivity index (χ0n) is 17.8. The van der Waals surface area contributed by atoms with Crippen molar-refractivity contribution < 1.29 is 9.59 Å². The smallest absolute Gasteiger partial charge is 0.257 e. The van der Waals surface area contributed by atoms with Crippen LogP contribution in [0.25, 0.3) is 11.1 Å². The van der Waals surface area contributed by atoms with E-state index >= 15 is 0 Å². The SMILES string of the molecule is CN1C(=O)CCc2cc(-c3cncc4c3CCCN(C(=O)c3cnn(C)c3)C4)ccc21. The maximum atomic E-state index is 13.0. The van der Waals surface area contributed by atoms with E-state index in [4.69, 9.17) is 0 Å². The van der Waals surface area contributed by atoms with E-state index < -0.39 is 0 Å². The third-order valence-electron chi connectivity index (χ3n) is 6.34. The van der Waals surface area contributed by atoms with Crippen LogP contribution < -0.4 is 4.90 Å². The van der Waals surface area contributed by atoms with Gasteiger partial charge in [-0.15, -0.1) is 0 Å². The Morgan fingerprint density at radius 3 is 2.71 bits per heavy atom. The number of benzene rings is 1. The van der Waals surface area contributed by atoms with Crippen molar-refractivity contribution in [2.45, 2.75) is 32.2 Å². The van der Waals surface area contributed by atoms with Crippen LogP contribution in [0.3, 0.4) is 0 Å². The summed E-state index contributed by atoms with van der Waals surface area (Å²) >= 11 is 0. The average molecular weight is 415 g/mol. The molecule has 4 heterocycles. The molecule has 2 aliphatic heterocycles. The van der Waals surface area contributed by atoms with Crippen LogP contribution in [0.5, 0.6) is 0 Å². The van der Waals surface area contributed by atoms with Gasteiger partial charge in [0.25, 0.3) is 5.91 Å². The van der Waals surface area contributed by atoms with Crippen LogP contribution in [0, 0.1) is 0 Å². The van der Waals surface area contributed by atoms with E-state index in [0.717, 1.165) is 41.6 Å². The molecule has 0 bridgehead atoms. The molecule has 1 aromatic carbocycles. The first kappa shape index (κ1) is 19.5. The van der Waals surface area contributed by atoms with Gasteiger partial charge in [0.15, 0.2) is 0 Å². The van der Waals surface area contributed by atoms with Crippen LogP contribution in [0.2, 0.25) is 0 Å². The predicted octanol–water partition coefficient (Wildman–Crippen LogP) is 2.98. The van der Waals surface area contributed by atoms with Crippen LogP contribution in [0.4, 0.5) is 5.69 Å². The predicted molar refractivity (Wildman–Crippen MR) is 118 cm³/mol. The summed E-state index contributed by atoms with van der Waals surface area (Å²) in [5, 5.41) is 4.13. The maximum absolute atomic E-state index is 13.0. The molecule has 7 nitrogen and oxygen atoms in total. The van der Waals surface area contributed by atoms with Gasteiger partial charge in [-0.1, -0.05) is 6.07 Å². The summed E-state index contributed by atoms with van der Waals surface area (Å²) in [6, 6.07) is 6.31. The third kappa shape index (κ3) is 3.50. The average Bonchev–Trinajstić information content (AvgIpc) is 3.09.